The Hall–Kier alpha value is -0.128. The molecule has 0 bridgehead atoms. The molecule has 3 saturated carbocycles. The minimum Gasteiger partial charge on any atom is -0.413 e. The summed E-state index contributed by atoms with van der Waals surface area (Å²) >= 11 is 0. The smallest absolute Gasteiger partial charge is 0.192 e. The molecule has 0 aliphatic heterocycles. The van der Waals surface area contributed by atoms with E-state index in [0.717, 1.165) is 31.1 Å². The van der Waals surface area contributed by atoms with Crippen molar-refractivity contribution in [2.24, 2.45) is 23.2 Å². The first-order valence-electron chi connectivity index (χ1n) is 16.6. The molecule has 3 rings (SSSR count). The van der Waals surface area contributed by atoms with Crippen molar-refractivity contribution in [3.63, 3.8) is 0 Å². The quantitative estimate of drug-likeness (QED) is 0.180. The molecule has 0 N–H and O–H groups in total. The van der Waals surface area contributed by atoms with E-state index in [0.29, 0.717) is 11.3 Å². The van der Waals surface area contributed by atoms with E-state index in [1.165, 1.54) is 43.3 Å². The van der Waals surface area contributed by atoms with Crippen molar-refractivity contribution < 1.29 is 29.9 Å². The molecule has 2 nitrogen and oxygen atoms in total. The van der Waals surface area contributed by atoms with Gasteiger partial charge in [-0.05, 0) is 103 Å². The molecule has 5 heteroatoms. The Morgan fingerprint density at radius 3 is 2.17 bits per heavy atom. The predicted octanol–water partition coefficient (Wildman–Crippen LogP) is 11.6. The van der Waals surface area contributed by atoms with Crippen LogP contribution in [0, 0.1) is 30.1 Å². The Kier molecular flexibility index (Phi) is 12.8. The first-order valence-corrected chi connectivity index (χ1v) is 22.4. The molecule has 0 aromatic heterocycles. The predicted molar refractivity (Wildman–Crippen MR) is 185 cm³/mol. The van der Waals surface area contributed by atoms with Crippen LogP contribution in [0.3, 0.4) is 0 Å². The van der Waals surface area contributed by atoms with Crippen molar-refractivity contribution in [1.29, 1.82) is 0 Å². The van der Waals surface area contributed by atoms with Gasteiger partial charge in [0.25, 0.3) is 0 Å². The first-order chi connectivity index (χ1) is 18.7. The number of fused-ring (bicyclic) bond motifs is 1. The van der Waals surface area contributed by atoms with Gasteiger partial charge in [0.05, 0.1) is 12.2 Å². The maximum absolute atomic E-state index is 7.07. The summed E-state index contributed by atoms with van der Waals surface area (Å²) in [6.07, 6.45) is 19.1. The van der Waals surface area contributed by atoms with Gasteiger partial charge in [0.1, 0.15) is 0 Å². The molecule has 240 valence electrons. The Labute approximate surface area is 278 Å². The molecule has 3 aliphatic rings. The zero-order chi connectivity index (χ0) is 31.0. The van der Waals surface area contributed by atoms with Crippen LogP contribution in [0.15, 0.2) is 47.6 Å². The van der Waals surface area contributed by atoms with E-state index in [4.69, 9.17) is 8.85 Å². The molecular formula is C37H65O2Si2W-. The molecule has 0 spiro atoms. The summed E-state index contributed by atoms with van der Waals surface area (Å²) < 4.78 is 14.1. The van der Waals surface area contributed by atoms with E-state index < -0.39 is 16.6 Å². The number of rotatable bonds is 8. The van der Waals surface area contributed by atoms with Gasteiger partial charge in [-0.3, -0.25) is 0 Å². The number of allylic oxidation sites excluding steroid dienone is 5. The topological polar surface area (TPSA) is 18.5 Å². The van der Waals surface area contributed by atoms with E-state index in [9.17, 15) is 0 Å². The SMILES string of the molecule is C=C1/C(=C\C=C2/CCC[C@@]3(C)C2CCC3[C@@H](C)CC=C[CH2-])C[C@@H](O[Si](C)(C)C(C)(C)C)C[C@@H]1O[Si](C)(C)C(C)(C)C.[W]. The maximum atomic E-state index is 7.07. The van der Waals surface area contributed by atoms with Crippen LogP contribution in [0.5, 0.6) is 0 Å². The van der Waals surface area contributed by atoms with Crippen molar-refractivity contribution >= 4 is 16.6 Å². The van der Waals surface area contributed by atoms with Crippen molar-refractivity contribution in [1.82, 2.24) is 0 Å². The van der Waals surface area contributed by atoms with Crippen LogP contribution < -0.4 is 0 Å². The molecule has 0 aromatic carbocycles. The fraction of sp³-hybridized carbons (Fsp3) is 0.757. The molecule has 0 saturated heterocycles. The van der Waals surface area contributed by atoms with E-state index in [1.807, 2.05) is 6.08 Å². The summed E-state index contributed by atoms with van der Waals surface area (Å²) in [5.74, 6) is 2.23. The van der Waals surface area contributed by atoms with Crippen LogP contribution in [-0.4, -0.2) is 28.8 Å². The third-order valence-electron chi connectivity index (χ3n) is 12.1. The normalized spacial score (nSPS) is 32.3. The van der Waals surface area contributed by atoms with E-state index in [2.05, 4.69) is 113 Å². The van der Waals surface area contributed by atoms with Crippen LogP contribution in [0.4, 0.5) is 0 Å². The number of hydrogen-bond donors (Lipinski definition) is 0. The van der Waals surface area contributed by atoms with Gasteiger partial charge in [-0.2, -0.15) is 0 Å². The van der Waals surface area contributed by atoms with E-state index >= 15 is 0 Å². The van der Waals surface area contributed by atoms with Gasteiger partial charge in [-0.25, -0.2) is 19.1 Å². The molecule has 2 unspecified atom stereocenters. The van der Waals surface area contributed by atoms with Crippen LogP contribution in [0.2, 0.25) is 36.3 Å². The van der Waals surface area contributed by atoms with Gasteiger partial charge in [0.15, 0.2) is 16.6 Å². The van der Waals surface area contributed by atoms with Gasteiger partial charge >= 0.3 is 0 Å². The second-order valence-electron chi connectivity index (χ2n) is 17.0. The molecule has 42 heavy (non-hydrogen) atoms. The molecule has 0 radical (unpaired) electrons. The maximum Gasteiger partial charge on any atom is 0.192 e. The van der Waals surface area contributed by atoms with Crippen molar-refractivity contribution in [3.8, 4) is 0 Å². The van der Waals surface area contributed by atoms with Crippen LogP contribution >= 0.6 is 0 Å². The summed E-state index contributed by atoms with van der Waals surface area (Å²) in [5.41, 5.74) is 4.64. The molecule has 3 fully saturated rings. The Morgan fingerprint density at radius 1 is 1.00 bits per heavy atom. The fourth-order valence-electron chi connectivity index (χ4n) is 7.45. The third-order valence-corrected chi connectivity index (χ3v) is 21.2. The van der Waals surface area contributed by atoms with E-state index in [-0.39, 0.29) is 43.3 Å². The van der Waals surface area contributed by atoms with Crippen LogP contribution in [0.25, 0.3) is 0 Å². The van der Waals surface area contributed by atoms with Gasteiger partial charge in [-0.1, -0.05) is 92.0 Å². The second kappa shape index (κ2) is 14.1. The average molecular weight is 782 g/mol. The summed E-state index contributed by atoms with van der Waals surface area (Å²) in [4.78, 5) is 0. The van der Waals surface area contributed by atoms with Crippen LogP contribution in [0.1, 0.15) is 107 Å². The summed E-state index contributed by atoms with van der Waals surface area (Å²) in [5, 5.41) is 0.355. The molecule has 0 amide bonds. The summed E-state index contributed by atoms with van der Waals surface area (Å²) in [6.45, 7) is 37.2. The number of hydrogen-bond acceptors (Lipinski definition) is 2. The minimum absolute atomic E-state index is 0. The standard InChI is InChI=1S/C37H65O2Si2.W/c1-15-16-18-27(2)32-22-23-33-29(19-17-24-37(32,33)10)20-21-30-25-31(38-40(11,12)35(4,5)6)26-34(28(30)3)39-41(13,14)36(7,8)9;/h15-16,20-21,27,31-34H,1,3,17-19,22-26H2,2,4-14H3;/q-1;/b16-15?,29-20+,30-21-;/t27-,31+,32?,33?,34-,37+;/m0./s1. The van der Waals surface area contributed by atoms with Crippen molar-refractivity contribution in [3.05, 3.63) is 54.5 Å². The Bertz CT molecular complexity index is 1030. The summed E-state index contributed by atoms with van der Waals surface area (Å²) in [6, 6.07) is 0. The summed E-state index contributed by atoms with van der Waals surface area (Å²) in [7, 11) is -3.86. The molecule has 0 heterocycles. The Balaban J connectivity index is 0.00000616. The van der Waals surface area contributed by atoms with Crippen LogP contribution in [-0.2, 0) is 29.9 Å². The molecular weight excluding hydrogens is 716 g/mol. The zero-order valence-electron chi connectivity index (χ0n) is 29.5. The molecule has 0 aromatic rings. The minimum atomic E-state index is -1.96. The van der Waals surface area contributed by atoms with Crippen molar-refractivity contribution in [2.75, 3.05) is 0 Å². The first kappa shape index (κ1) is 38.1. The Morgan fingerprint density at radius 2 is 1.60 bits per heavy atom. The van der Waals surface area contributed by atoms with Gasteiger partial charge < -0.3 is 8.85 Å². The molecule has 6 atom stereocenters. The zero-order valence-corrected chi connectivity index (χ0v) is 34.4. The fourth-order valence-corrected chi connectivity index (χ4v) is 10.1. The van der Waals surface area contributed by atoms with E-state index in [1.54, 1.807) is 5.57 Å². The largest absolute Gasteiger partial charge is 0.413 e. The van der Waals surface area contributed by atoms with Crippen molar-refractivity contribution in [2.45, 2.75) is 155 Å². The molecule has 3 aliphatic carbocycles. The monoisotopic (exact) mass is 781 g/mol. The van der Waals surface area contributed by atoms with Gasteiger partial charge in [0.2, 0.25) is 0 Å². The average Bonchev–Trinajstić information content (AvgIpc) is 3.19. The second-order valence-corrected chi connectivity index (χ2v) is 26.6. The third kappa shape index (κ3) is 8.36. The van der Waals surface area contributed by atoms with Gasteiger partial charge in [0, 0.05) is 27.5 Å². The van der Waals surface area contributed by atoms with Gasteiger partial charge in [-0.15, -0.1) is 0 Å².